The molecule has 5 heteroatoms. The molecule has 0 aliphatic rings. The number of rotatable bonds is 8. The first kappa shape index (κ1) is 16.1. The number of carbonyl (C=O) groups is 2. The number of hydrogen-bond acceptors (Lipinski definition) is 2. The van der Waals surface area contributed by atoms with Crippen LogP contribution < -0.4 is 5.32 Å². The van der Waals surface area contributed by atoms with Gasteiger partial charge in [-0.1, -0.05) is 25.5 Å². The van der Waals surface area contributed by atoms with Gasteiger partial charge in [0, 0.05) is 19.4 Å². The van der Waals surface area contributed by atoms with Gasteiger partial charge in [0.2, 0.25) is 5.91 Å². The lowest BCUT2D eigenvalue weighted by Crippen LogP contribution is -2.25. The Morgan fingerprint density at radius 1 is 1.30 bits per heavy atom. The molecule has 0 bridgehead atoms. The van der Waals surface area contributed by atoms with Gasteiger partial charge in [-0.15, -0.1) is 0 Å². The minimum atomic E-state index is -0.838. The van der Waals surface area contributed by atoms with Crippen LogP contribution in [0, 0.1) is 11.7 Å². The van der Waals surface area contributed by atoms with Gasteiger partial charge < -0.3 is 10.4 Å². The number of benzene rings is 1. The van der Waals surface area contributed by atoms with Crippen molar-refractivity contribution in [3.8, 4) is 0 Å². The number of carboxylic acids is 1. The average molecular weight is 281 g/mol. The number of hydrogen-bond donors (Lipinski definition) is 2. The summed E-state index contributed by atoms with van der Waals surface area (Å²) in [6.07, 6.45) is 1.70. The van der Waals surface area contributed by atoms with Crippen molar-refractivity contribution < 1.29 is 19.1 Å². The summed E-state index contributed by atoms with van der Waals surface area (Å²) in [5.41, 5.74) is 0.832. The molecule has 0 heterocycles. The topological polar surface area (TPSA) is 66.4 Å². The van der Waals surface area contributed by atoms with E-state index in [0.29, 0.717) is 19.4 Å². The highest BCUT2D eigenvalue weighted by Gasteiger charge is 2.13. The fourth-order valence-electron chi connectivity index (χ4n) is 1.92. The zero-order valence-electron chi connectivity index (χ0n) is 11.6. The molecule has 1 unspecified atom stereocenters. The number of carbonyl (C=O) groups excluding carboxylic acids is 1. The summed E-state index contributed by atoms with van der Waals surface area (Å²) in [5, 5.41) is 11.4. The van der Waals surface area contributed by atoms with Crippen molar-refractivity contribution in [2.45, 2.75) is 39.2 Å². The van der Waals surface area contributed by atoms with Gasteiger partial charge in [0.05, 0.1) is 0 Å². The molecule has 1 aromatic carbocycles. The fraction of sp³-hybridized carbons (Fsp3) is 0.467. The predicted molar refractivity (Wildman–Crippen MR) is 73.5 cm³/mol. The van der Waals surface area contributed by atoms with E-state index in [4.69, 9.17) is 5.11 Å². The Morgan fingerprint density at radius 3 is 2.50 bits per heavy atom. The lowest BCUT2D eigenvalue weighted by atomic mass is 9.96. The highest BCUT2D eigenvalue weighted by molar-refractivity contribution is 5.76. The number of carboxylic acid groups (broad SMARTS) is 1. The Hall–Kier alpha value is -1.91. The molecule has 1 amide bonds. The van der Waals surface area contributed by atoms with Crippen LogP contribution in [-0.2, 0) is 16.1 Å². The van der Waals surface area contributed by atoms with Crippen LogP contribution in [0.3, 0.4) is 0 Å². The first-order valence-corrected chi connectivity index (χ1v) is 6.74. The van der Waals surface area contributed by atoms with Crippen LogP contribution >= 0.6 is 0 Å². The molecular weight excluding hydrogens is 261 g/mol. The molecule has 2 N–H and O–H groups in total. The second-order valence-electron chi connectivity index (χ2n) is 4.81. The molecule has 0 radical (unpaired) electrons. The van der Waals surface area contributed by atoms with Crippen LogP contribution in [0.25, 0.3) is 0 Å². The Kier molecular flexibility index (Phi) is 6.70. The highest BCUT2D eigenvalue weighted by atomic mass is 19.1. The maximum atomic E-state index is 12.7. The standard InChI is InChI=1S/C15H20FNO3/c1-2-11(5-8-15(19)20)9-14(18)17-10-12-3-6-13(16)7-4-12/h3-4,6-7,11H,2,5,8-10H2,1H3,(H,17,18)(H,19,20). The fourth-order valence-corrected chi connectivity index (χ4v) is 1.92. The molecule has 0 saturated heterocycles. The molecule has 0 aliphatic heterocycles. The molecule has 20 heavy (non-hydrogen) atoms. The van der Waals surface area contributed by atoms with Crippen LogP contribution in [0.4, 0.5) is 4.39 Å². The van der Waals surface area contributed by atoms with E-state index < -0.39 is 5.97 Å². The second-order valence-corrected chi connectivity index (χ2v) is 4.81. The predicted octanol–water partition coefficient (Wildman–Crippen LogP) is 2.72. The van der Waals surface area contributed by atoms with Crippen molar-refractivity contribution in [3.05, 3.63) is 35.6 Å². The molecule has 1 aromatic rings. The lowest BCUT2D eigenvalue weighted by Gasteiger charge is -2.13. The second kappa shape index (κ2) is 8.30. The summed E-state index contributed by atoms with van der Waals surface area (Å²) < 4.78 is 12.7. The molecular formula is C15H20FNO3. The number of halogens is 1. The lowest BCUT2D eigenvalue weighted by molar-refractivity contribution is -0.137. The maximum Gasteiger partial charge on any atom is 0.303 e. The van der Waals surface area contributed by atoms with Crippen molar-refractivity contribution >= 4 is 11.9 Å². The van der Waals surface area contributed by atoms with E-state index in [2.05, 4.69) is 5.32 Å². The third kappa shape index (κ3) is 6.31. The van der Waals surface area contributed by atoms with Gasteiger partial charge in [0.15, 0.2) is 0 Å². The summed E-state index contributed by atoms with van der Waals surface area (Å²) in [7, 11) is 0. The maximum absolute atomic E-state index is 12.7. The summed E-state index contributed by atoms with van der Waals surface area (Å²) in [6.45, 7) is 2.30. The van der Waals surface area contributed by atoms with Crippen LogP contribution in [0.1, 0.15) is 38.2 Å². The first-order chi connectivity index (χ1) is 9.51. The molecule has 0 spiro atoms. The number of nitrogens with one attached hydrogen (secondary N) is 1. The monoisotopic (exact) mass is 281 g/mol. The minimum absolute atomic E-state index is 0.0827. The Balaban J connectivity index is 2.34. The zero-order chi connectivity index (χ0) is 15.0. The Morgan fingerprint density at radius 2 is 1.95 bits per heavy atom. The molecule has 0 fully saturated rings. The molecule has 1 atom stereocenters. The number of amides is 1. The van der Waals surface area contributed by atoms with Crippen molar-refractivity contribution in [2.24, 2.45) is 5.92 Å². The van der Waals surface area contributed by atoms with Crippen molar-refractivity contribution in [2.75, 3.05) is 0 Å². The SMILES string of the molecule is CCC(CCC(=O)O)CC(=O)NCc1ccc(F)cc1. The van der Waals surface area contributed by atoms with Gasteiger partial charge in [0.1, 0.15) is 5.82 Å². The zero-order valence-corrected chi connectivity index (χ0v) is 11.6. The third-order valence-corrected chi connectivity index (χ3v) is 3.22. The van der Waals surface area contributed by atoms with Crippen LogP contribution in [-0.4, -0.2) is 17.0 Å². The smallest absolute Gasteiger partial charge is 0.303 e. The largest absolute Gasteiger partial charge is 0.481 e. The summed E-state index contributed by atoms with van der Waals surface area (Å²) in [6, 6.07) is 5.95. The molecule has 0 saturated carbocycles. The molecule has 0 aromatic heterocycles. The summed E-state index contributed by atoms with van der Waals surface area (Å²) in [5.74, 6) is -1.17. The van der Waals surface area contributed by atoms with E-state index in [1.807, 2.05) is 6.92 Å². The minimum Gasteiger partial charge on any atom is -0.481 e. The van der Waals surface area contributed by atoms with E-state index in [1.165, 1.54) is 12.1 Å². The summed E-state index contributed by atoms with van der Waals surface area (Å²) in [4.78, 5) is 22.3. The Labute approximate surface area is 118 Å². The quantitative estimate of drug-likeness (QED) is 0.770. The van der Waals surface area contributed by atoms with Gasteiger partial charge in [-0.3, -0.25) is 9.59 Å². The van der Waals surface area contributed by atoms with Crippen molar-refractivity contribution in [1.29, 1.82) is 0 Å². The summed E-state index contributed by atoms with van der Waals surface area (Å²) >= 11 is 0. The molecule has 1 rings (SSSR count). The Bertz CT molecular complexity index is 445. The van der Waals surface area contributed by atoms with E-state index >= 15 is 0 Å². The van der Waals surface area contributed by atoms with Gasteiger partial charge >= 0.3 is 5.97 Å². The van der Waals surface area contributed by atoms with Crippen molar-refractivity contribution in [3.63, 3.8) is 0 Å². The average Bonchev–Trinajstić information content (AvgIpc) is 2.42. The highest BCUT2D eigenvalue weighted by Crippen LogP contribution is 2.15. The van der Waals surface area contributed by atoms with E-state index in [9.17, 15) is 14.0 Å². The first-order valence-electron chi connectivity index (χ1n) is 6.74. The van der Waals surface area contributed by atoms with Crippen molar-refractivity contribution in [1.82, 2.24) is 5.32 Å². The van der Waals surface area contributed by atoms with Gasteiger partial charge in [-0.05, 0) is 30.0 Å². The van der Waals surface area contributed by atoms with Gasteiger partial charge in [-0.25, -0.2) is 4.39 Å². The van der Waals surface area contributed by atoms with Crippen LogP contribution in [0.2, 0.25) is 0 Å². The van der Waals surface area contributed by atoms with E-state index in [-0.39, 0.29) is 24.1 Å². The van der Waals surface area contributed by atoms with Gasteiger partial charge in [-0.2, -0.15) is 0 Å². The molecule has 0 aliphatic carbocycles. The normalized spacial score (nSPS) is 11.9. The third-order valence-electron chi connectivity index (χ3n) is 3.22. The van der Waals surface area contributed by atoms with E-state index in [1.54, 1.807) is 12.1 Å². The van der Waals surface area contributed by atoms with E-state index in [0.717, 1.165) is 12.0 Å². The van der Waals surface area contributed by atoms with Crippen LogP contribution in [0.5, 0.6) is 0 Å². The molecule has 4 nitrogen and oxygen atoms in total. The molecule has 110 valence electrons. The van der Waals surface area contributed by atoms with Crippen LogP contribution in [0.15, 0.2) is 24.3 Å². The van der Waals surface area contributed by atoms with Gasteiger partial charge in [0.25, 0.3) is 0 Å². The number of aliphatic carboxylic acids is 1.